The summed E-state index contributed by atoms with van der Waals surface area (Å²) in [6, 6.07) is 10.9. The molecular formula is C23H39IN4O. The monoisotopic (exact) mass is 514 g/mol. The van der Waals surface area contributed by atoms with Gasteiger partial charge in [0.1, 0.15) is 11.9 Å². The number of nitrogens with one attached hydrogen (secondary N) is 1. The molecule has 0 radical (unpaired) electrons. The average molecular weight is 514 g/mol. The van der Waals surface area contributed by atoms with E-state index in [2.05, 4.69) is 27.0 Å². The zero-order valence-corrected chi connectivity index (χ0v) is 20.5. The number of halogens is 1. The number of guanidine groups is 1. The zero-order chi connectivity index (χ0) is 19.6. The first-order chi connectivity index (χ1) is 13.8. The molecule has 164 valence electrons. The Morgan fingerprint density at radius 3 is 2.52 bits per heavy atom. The van der Waals surface area contributed by atoms with E-state index in [0.29, 0.717) is 6.10 Å². The third kappa shape index (κ3) is 7.96. The van der Waals surface area contributed by atoms with Gasteiger partial charge >= 0.3 is 0 Å². The van der Waals surface area contributed by atoms with Gasteiger partial charge in [0.2, 0.25) is 0 Å². The minimum absolute atomic E-state index is 0. The van der Waals surface area contributed by atoms with Gasteiger partial charge in [0.25, 0.3) is 0 Å². The highest BCUT2D eigenvalue weighted by molar-refractivity contribution is 14.0. The van der Waals surface area contributed by atoms with E-state index in [4.69, 9.17) is 4.74 Å². The van der Waals surface area contributed by atoms with Gasteiger partial charge in [-0.15, -0.1) is 24.0 Å². The van der Waals surface area contributed by atoms with Crippen LogP contribution in [0.4, 0.5) is 0 Å². The predicted molar refractivity (Wildman–Crippen MR) is 133 cm³/mol. The Morgan fingerprint density at radius 1 is 1.07 bits per heavy atom. The number of hydrogen-bond acceptors (Lipinski definition) is 3. The Hall–Kier alpha value is -1.02. The second kappa shape index (κ2) is 13.3. The van der Waals surface area contributed by atoms with Gasteiger partial charge in [0, 0.05) is 45.6 Å². The molecule has 0 bridgehead atoms. The molecule has 1 atom stereocenters. The molecule has 0 aliphatic carbocycles. The number of unbranched alkanes of at least 4 members (excludes halogenated alkanes) is 1. The molecule has 0 saturated carbocycles. The number of nitrogens with zero attached hydrogens (tertiary/aromatic N) is 3. The molecule has 2 heterocycles. The van der Waals surface area contributed by atoms with Crippen molar-refractivity contribution in [2.45, 2.75) is 64.0 Å². The minimum Gasteiger partial charge on any atom is -0.490 e. The molecule has 0 spiro atoms. The predicted octanol–water partition coefficient (Wildman–Crippen LogP) is 4.38. The molecule has 1 N–H and O–H groups in total. The number of likely N-dealkylation sites (tertiary alicyclic amines) is 2. The topological polar surface area (TPSA) is 40.1 Å². The lowest BCUT2D eigenvalue weighted by Gasteiger charge is -2.34. The number of aliphatic imine (C=N–C) groups is 1. The van der Waals surface area contributed by atoms with Crippen molar-refractivity contribution in [1.82, 2.24) is 15.1 Å². The molecule has 2 aliphatic heterocycles. The average Bonchev–Trinajstić information content (AvgIpc) is 2.73. The van der Waals surface area contributed by atoms with Crippen molar-refractivity contribution in [2.24, 2.45) is 4.99 Å². The maximum Gasteiger partial charge on any atom is 0.193 e. The molecule has 6 heteroatoms. The minimum atomic E-state index is 0. The zero-order valence-electron chi connectivity index (χ0n) is 18.2. The molecule has 1 aromatic rings. The number of ether oxygens (including phenoxy) is 1. The quantitative estimate of drug-likeness (QED) is 0.254. The second-order valence-corrected chi connectivity index (χ2v) is 8.18. The van der Waals surface area contributed by atoms with Gasteiger partial charge in [-0.05, 0) is 57.8 Å². The number of piperidine rings is 2. The van der Waals surface area contributed by atoms with Gasteiger partial charge in [-0.1, -0.05) is 24.6 Å². The van der Waals surface area contributed by atoms with Crippen LogP contribution >= 0.6 is 24.0 Å². The van der Waals surface area contributed by atoms with Crippen LogP contribution in [0.3, 0.4) is 0 Å². The largest absolute Gasteiger partial charge is 0.490 e. The Kier molecular flexibility index (Phi) is 11.1. The molecule has 2 aliphatic rings. The van der Waals surface area contributed by atoms with Crippen molar-refractivity contribution in [3.8, 4) is 5.75 Å². The molecule has 5 nitrogen and oxygen atoms in total. The molecule has 0 aromatic heterocycles. The van der Waals surface area contributed by atoms with E-state index in [-0.39, 0.29) is 24.0 Å². The maximum absolute atomic E-state index is 6.10. The van der Waals surface area contributed by atoms with E-state index in [9.17, 15) is 0 Å². The van der Waals surface area contributed by atoms with Gasteiger partial charge in [-0.25, -0.2) is 0 Å². The first-order valence-electron chi connectivity index (χ1n) is 11.2. The molecule has 0 amide bonds. The molecule has 1 unspecified atom stereocenters. The number of benzene rings is 1. The van der Waals surface area contributed by atoms with E-state index in [1.54, 1.807) is 0 Å². The lowest BCUT2D eigenvalue weighted by molar-refractivity contribution is 0.129. The number of para-hydroxylation sites is 1. The molecule has 1 aromatic carbocycles. The summed E-state index contributed by atoms with van der Waals surface area (Å²) in [6.07, 6.45) is 9.02. The summed E-state index contributed by atoms with van der Waals surface area (Å²) in [7, 11) is 1.89. The highest BCUT2D eigenvalue weighted by atomic mass is 127. The third-order valence-electron chi connectivity index (χ3n) is 6.10. The van der Waals surface area contributed by atoms with E-state index in [1.807, 2.05) is 37.4 Å². The molecule has 2 saturated heterocycles. The second-order valence-electron chi connectivity index (χ2n) is 8.18. The number of hydrogen-bond donors (Lipinski definition) is 1. The van der Waals surface area contributed by atoms with E-state index in [0.717, 1.165) is 50.2 Å². The van der Waals surface area contributed by atoms with E-state index < -0.39 is 0 Å². The summed E-state index contributed by atoms with van der Waals surface area (Å²) in [6.45, 7) is 7.92. The fourth-order valence-corrected chi connectivity index (χ4v) is 4.34. The highest BCUT2D eigenvalue weighted by Gasteiger charge is 2.22. The van der Waals surface area contributed by atoms with Crippen LogP contribution in [0.2, 0.25) is 0 Å². The van der Waals surface area contributed by atoms with Crippen LogP contribution in [0.5, 0.6) is 5.75 Å². The van der Waals surface area contributed by atoms with Gasteiger partial charge in [-0.2, -0.15) is 0 Å². The van der Waals surface area contributed by atoms with Crippen LogP contribution in [-0.2, 0) is 0 Å². The first-order valence-corrected chi connectivity index (χ1v) is 11.2. The summed E-state index contributed by atoms with van der Waals surface area (Å²) in [5.74, 6) is 2.02. The van der Waals surface area contributed by atoms with Crippen molar-refractivity contribution in [3.05, 3.63) is 30.3 Å². The van der Waals surface area contributed by atoms with Crippen molar-refractivity contribution in [3.63, 3.8) is 0 Å². The highest BCUT2D eigenvalue weighted by Crippen LogP contribution is 2.19. The summed E-state index contributed by atoms with van der Waals surface area (Å²) in [5.41, 5.74) is 0. The van der Waals surface area contributed by atoms with E-state index in [1.165, 1.54) is 45.2 Å². The Labute approximate surface area is 194 Å². The van der Waals surface area contributed by atoms with Gasteiger partial charge in [0.05, 0.1) is 0 Å². The van der Waals surface area contributed by atoms with Gasteiger partial charge in [0.15, 0.2) is 5.96 Å². The summed E-state index contributed by atoms with van der Waals surface area (Å²) < 4.78 is 6.10. The van der Waals surface area contributed by atoms with Gasteiger partial charge in [-0.3, -0.25) is 4.99 Å². The fraction of sp³-hybridized carbons (Fsp3) is 0.696. The van der Waals surface area contributed by atoms with Gasteiger partial charge < -0.3 is 19.9 Å². The fourth-order valence-electron chi connectivity index (χ4n) is 4.34. The summed E-state index contributed by atoms with van der Waals surface area (Å²) in [5, 5.41) is 3.57. The van der Waals surface area contributed by atoms with Crippen LogP contribution in [-0.4, -0.2) is 67.7 Å². The van der Waals surface area contributed by atoms with Crippen LogP contribution in [0.25, 0.3) is 0 Å². The maximum atomic E-state index is 6.10. The van der Waals surface area contributed by atoms with Crippen molar-refractivity contribution >= 4 is 29.9 Å². The molecule has 2 fully saturated rings. The lowest BCUT2D eigenvalue weighted by atomic mass is 10.0. The van der Waals surface area contributed by atoms with Crippen molar-refractivity contribution < 1.29 is 4.74 Å². The summed E-state index contributed by atoms with van der Waals surface area (Å²) in [4.78, 5) is 9.54. The normalized spacial score (nSPS) is 21.5. The Bertz CT molecular complexity index is 590. The first kappa shape index (κ1) is 24.3. The van der Waals surface area contributed by atoms with Crippen molar-refractivity contribution in [1.29, 1.82) is 0 Å². The smallest absolute Gasteiger partial charge is 0.193 e. The third-order valence-corrected chi connectivity index (χ3v) is 6.10. The Morgan fingerprint density at radius 2 is 1.83 bits per heavy atom. The molecular weight excluding hydrogens is 475 g/mol. The van der Waals surface area contributed by atoms with Crippen LogP contribution in [0.15, 0.2) is 35.3 Å². The van der Waals surface area contributed by atoms with E-state index >= 15 is 0 Å². The van der Waals surface area contributed by atoms with Crippen LogP contribution in [0, 0.1) is 0 Å². The lowest BCUT2D eigenvalue weighted by Crippen LogP contribution is -2.47. The summed E-state index contributed by atoms with van der Waals surface area (Å²) >= 11 is 0. The molecule has 3 rings (SSSR count). The number of rotatable bonds is 7. The SMILES string of the molecule is CN=C(NCCCCN1CCCCC1C)N1CCC(Oc2ccccc2)CC1.I. The Balaban J connectivity index is 0.00000300. The van der Waals surface area contributed by atoms with Crippen molar-refractivity contribution in [2.75, 3.05) is 39.8 Å². The van der Waals surface area contributed by atoms with Crippen LogP contribution < -0.4 is 10.1 Å². The molecule has 29 heavy (non-hydrogen) atoms. The standard InChI is InChI=1S/C23H38N4O.HI/c1-20-10-6-8-16-26(20)17-9-7-15-25-23(24-2)27-18-13-22(14-19-27)28-21-11-4-3-5-12-21;/h3-5,11-12,20,22H,6-10,13-19H2,1-2H3,(H,24,25);1H. The van der Waals surface area contributed by atoms with Crippen LogP contribution in [0.1, 0.15) is 51.9 Å².